The fourth-order valence-electron chi connectivity index (χ4n) is 3.27. The molecule has 0 aliphatic rings. The Labute approximate surface area is 200 Å². The van der Waals surface area contributed by atoms with E-state index in [0.717, 1.165) is 35.0 Å². The summed E-state index contributed by atoms with van der Waals surface area (Å²) < 4.78 is 7.11. The van der Waals surface area contributed by atoms with Gasteiger partial charge >= 0.3 is 5.97 Å². The predicted octanol–water partition coefficient (Wildman–Crippen LogP) is 2.63. The number of nitrogens with one attached hydrogen (secondary N) is 1. The van der Waals surface area contributed by atoms with Gasteiger partial charge in [0.05, 0.1) is 17.2 Å². The van der Waals surface area contributed by atoms with Crippen LogP contribution >= 0.6 is 22.7 Å². The minimum absolute atomic E-state index is 0.212. The molecule has 0 saturated carbocycles. The van der Waals surface area contributed by atoms with Gasteiger partial charge in [-0.2, -0.15) is 0 Å². The van der Waals surface area contributed by atoms with Crippen LogP contribution in [0.25, 0.3) is 12.2 Å². The number of esters is 1. The molecule has 0 spiro atoms. The summed E-state index contributed by atoms with van der Waals surface area (Å²) in [6.07, 6.45) is 3.02. The molecule has 3 rings (SSSR count). The molecule has 3 aromatic rings. The molecule has 9 heteroatoms. The Morgan fingerprint density at radius 2 is 1.85 bits per heavy atom. The molecule has 7 nitrogen and oxygen atoms in total. The van der Waals surface area contributed by atoms with Gasteiger partial charge in [0.1, 0.15) is 11.2 Å². The Hall–Kier alpha value is -3.17. The van der Waals surface area contributed by atoms with Crippen molar-refractivity contribution in [1.82, 2.24) is 4.57 Å². The van der Waals surface area contributed by atoms with E-state index < -0.39 is 5.97 Å². The Kier molecular flexibility index (Phi) is 8.62. The van der Waals surface area contributed by atoms with E-state index >= 15 is 0 Å². The number of hydrogen-bond donors (Lipinski definition) is 1. The van der Waals surface area contributed by atoms with Crippen molar-refractivity contribution in [3.05, 3.63) is 66.2 Å². The Bertz CT molecular complexity index is 1250. The number of rotatable bonds is 9. The van der Waals surface area contributed by atoms with Gasteiger partial charge in [-0.1, -0.05) is 6.07 Å². The molecule has 2 aromatic heterocycles. The van der Waals surface area contributed by atoms with Crippen LogP contribution in [0.1, 0.15) is 25.6 Å². The first-order valence-electron chi connectivity index (χ1n) is 10.7. The minimum atomic E-state index is -0.553. The molecule has 0 saturated heterocycles. The van der Waals surface area contributed by atoms with Crippen molar-refractivity contribution in [2.24, 2.45) is 0 Å². The number of nitrogens with zero attached hydrogens (tertiary/aromatic N) is 2. The number of hydrogen-bond acceptors (Lipinski definition) is 7. The second kappa shape index (κ2) is 11.6. The fourth-order valence-corrected chi connectivity index (χ4v) is 5.02. The summed E-state index contributed by atoms with van der Waals surface area (Å²) in [5, 5.41) is 4.75. The third-order valence-corrected chi connectivity index (χ3v) is 6.74. The zero-order valence-electron chi connectivity index (χ0n) is 18.9. The van der Waals surface area contributed by atoms with Crippen molar-refractivity contribution in [1.29, 1.82) is 0 Å². The van der Waals surface area contributed by atoms with E-state index in [1.807, 2.05) is 41.8 Å². The van der Waals surface area contributed by atoms with Crippen LogP contribution in [-0.4, -0.2) is 36.1 Å². The third-order valence-electron chi connectivity index (χ3n) is 4.86. The smallest absolute Gasteiger partial charge is 0.333 e. The summed E-state index contributed by atoms with van der Waals surface area (Å²) in [4.78, 5) is 40.9. The number of carbonyl (C=O) groups excluding carboxylic acids is 2. The van der Waals surface area contributed by atoms with Gasteiger partial charge in [0.2, 0.25) is 5.91 Å². The van der Waals surface area contributed by atoms with E-state index in [1.165, 1.54) is 22.0 Å². The number of ether oxygens (including phenoxy) is 1. The lowest BCUT2D eigenvalue weighted by atomic mass is 10.2. The van der Waals surface area contributed by atoms with Gasteiger partial charge in [-0.05, 0) is 62.6 Å². The van der Waals surface area contributed by atoms with E-state index in [9.17, 15) is 14.4 Å². The van der Waals surface area contributed by atoms with Crippen LogP contribution in [-0.2, 0) is 20.9 Å². The molecule has 1 amide bonds. The second-order valence-electron chi connectivity index (χ2n) is 7.02. The van der Waals surface area contributed by atoms with Crippen LogP contribution < -0.4 is 25.0 Å². The highest BCUT2D eigenvalue weighted by atomic mass is 32.1. The molecule has 0 fully saturated rings. The minimum Gasteiger partial charge on any atom is -0.463 e. The average molecular weight is 486 g/mol. The molecule has 33 heavy (non-hydrogen) atoms. The van der Waals surface area contributed by atoms with Crippen LogP contribution in [0.4, 0.5) is 11.4 Å². The monoisotopic (exact) mass is 485 g/mol. The zero-order chi connectivity index (χ0) is 23.8. The lowest BCUT2D eigenvalue weighted by molar-refractivity contribution is -0.135. The van der Waals surface area contributed by atoms with Gasteiger partial charge in [-0.25, -0.2) is 4.79 Å². The highest BCUT2D eigenvalue weighted by molar-refractivity contribution is 7.11. The predicted molar refractivity (Wildman–Crippen MR) is 135 cm³/mol. The van der Waals surface area contributed by atoms with Gasteiger partial charge in [0.15, 0.2) is 0 Å². The molecule has 0 unspecified atom stereocenters. The first-order valence-corrected chi connectivity index (χ1v) is 12.4. The van der Waals surface area contributed by atoms with Gasteiger partial charge in [-0.15, -0.1) is 22.7 Å². The molecule has 0 bridgehead atoms. The van der Waals surface area contributed by atoms with Gasteiger partial charge in [0, 0.05) is 29.3 Å². The number of anilines is 2. The van der Waals surface area contributed by atoms with Crippen LogP contribution in [0.15, 0.2) is 46.6 Å². The summed E-state index contributed by atoms with van der Waals surface area (Å²) in [7, 11) is 0. The van der Waals surface area contributed by atoms with Gasteiger partial charge in [0.25, 0.3) is 5.56 Å². The SMILES string of the molecule is CCOC(=O)/C=c1\s/c(=C/c2cccs2)c(=O)n1CC(=O)Nc1ccc(N(CC)CC)cc1. The lowest BCUT2D eigenvalue weighted by Crippen LogP contribution is -2.36. The van der Waals surface area contributed by atoms with Crippen molar-refractivity contribution < 1.29 is 14.3 Å². The van der Waals surface area contributed by atoms with E-state index in [-0.39, 0.29) is 24.6 Å². The van der Waals surface area contributed by atoms with Gasteiger partial charge < -0.3 is 15.0 Å². The topological polar surface area (TPSA) is 80.6 Å². The molecular formula is C24H27N3O4S2. The standard InChI is InChI=1S/C24H27N3O4S2/c1-4-26(5-2)18-11-9-17(10-12-18)25-21(28)16-27-22(15-23(29)31-6-3)33-20(24(27)30)14-19-8-7-13-32-19/h7-15H,4-6,16H2,1-3H3,(H,25,28)/b20-14+,22-15-. The number of amides is 1. The van der Waals surface area contributed by atoms with Crippen molar-refractivity contribution in [2.45, 2.75) is 27.3 Å². The maximum atomic E-state index is 13.0. The molecule has 1 N–H and O–H groups in total. The average Bonchev–Trinajstić information content (AvgIpc) is 3.40. The second-order valence-corrected chi connectivity index (χ2v) is 9.06. The van der Waals surface area contributed by atoms with Crippen molar-refractivity contribution >= 4 is 58.1 Å². The first-order chi connectivity index (χ1) is 15.9. The van der Waals surface area contributed by atoms with E-state index in [4.69, 9.17) is 4.74 Å². The summed E-state index contributed by atoms with van der Waals surface area (Å²) in [6, 6.07) is 11.4. The van der Waals surface area contributed by atoms with Gasteiger partial charge in [-0.3, -0.25) is 14.2 Å². The molecule has 0 aliphatic carbocycles. The zero-order valence-corrected chi connectivity index (χ0v) is 20.5. The summed E-state index contributed by atoms with van der Waals surface area (Å²) in [6.45, 7) is 7.70. The normalized spacial score (nSPS) is 12.1. The van der Waals surface area contributed by atoms with Crippen molar-refractivity contribution in [3.63, 3.8) is 0 Å². The van der Waals surface area contributed by atoms with Crippen molar-refractivity contribution in [2.75, 3.05) is 29.9 Å². The number of benzene rings is 1. The van der Waals surface area contributed by atoms with E-state index in [1.54, 1.807) is 13.0 Å². The van der Waals surface area contributed by atoms with Crippen LogP contribution in [0.3, 0.4) is 0 Å². The van der Waals surface area contributed by atoms with Crippen LogP contribution in [0.2, 0.25) is 0 Å². The highest BCUT2D eigenvalue weighted by Gasteiger charge is 2.12. The summed E-state index contributed by atoms with van der Waals surface area (Å²) in [5.41, 5.74) is 1.39. The number of aromatic nitrogens is 1. The number of thiophene rings is 1. The van der Waals surface area contributed by atoms with Crippen LogP contribution in [0.5, 0.6) is 0 Å². The molecule has 0 radical (unpaired) electrons. The maximum absolute atomic E-state index is 13.0. The van der Waals surface area contributed by atoms with E-state index in [2.05, 4.69) is 24.1 Å². The summed E-state index contributed by atoms with van der Waals surface area (Å²) in [5.74, 6) is -0.908. The maximum Gasteiger partial charge on any atom is 0.333 e. The highest BCUT2D eigenvalue weighted by Crippen LogP contribution is 2.17. The largest absolute Gasteiger partial charge is 0.463 e. The fraction of sp³-hybridized carbons (Fsp3) is 0.292. The molecule has 1 aromatic carbocycles. The Morgan fingerprint density at radius 1 is 1.12 bits per heavy atom. The first kappa shape index (κ1) is 24.5. The quantitative estimate of drug-likeness (QED) is 0.472. The molecule has 0 atom stereocenters. The molecular weight excluding hydrogens is 458 g/mol. The summed E-state index contributed by atoms with van der Waals surface area (Å²) >= 11 is 2.66. The third kappa shape index (κ3) is 6.43. The number of thiazole rings is 1. The number of carbonyl (C=O) groups is 2. The molecule has 2 heterocycles. The lowest BCUT2D eigenvalue weighted by Gasteiger charge is -2.21. The Balaban J connectivity index is 1.87. The Morgan fingerprint density at radius 3 is 2.45 bits per heavy atom. The molecule has 0 aliphatic heterocycles. The van der Waals surface area contributed by atoms with Crippen LogP contribution in [0, 0.1) is 0 Å². The molecule has 174 valence electrons. The van der Waals surface area contributed by atoms with Crippen molar-refractivity contribution in [3.8, 4) is 0 Å². The van der Waals surface area contributed by atoms with E-state index in [0.29, 0.717) is 14.9 Å².